The van der Waals surface area contributed by atoms with Gasteiger partial charge in [0.25, 0.3) is 0 Å². The highest BCUT2D eigenvalue weighted by molar-refractivity contribution is 8.23. The predicted molar refractivity (Wildman–Crippen MR) is 42.4 cm³/mol. The first kappa shape index (κ1) is 6.78. The molecule has 1 nitrogen and oxygen atoms in total. The average Bonchev–Trinajstić information content (AvgIpc) is 2.42. The summed E-state index contributed by atoms with van der Waals surface area (Å²) in [4.78, 5) is 0. The van der Waals surface area contributed by atoms with Crippen LogP contribution in [0.3, 0.4) is 0 Å². The van der Waals surface area contributed by atoms with Crippen molar-refractivity contribution in [3.63, 3.8) is 0 Å². The molecule has 1 aliphatic rings. The maximum atomic E-state index is 5.32. The highest BCUT2D eigenvalue weighted by Gasteiger charge is 2.33. The van der Waals surface area contributed by atoms with E-state index < -0.39 is 0 Å². The molecule has 2 unspecified atom stereocenters. The highest BCUT2D eigenvalue weighted by atomic mass is 32.2. The zero-order chi connectivity index (χ0) is 5.98. The Kier molecular flexibility index (Phi) is 2.53. The summed E-state index contributed by atoms with van der Waals surface area (Å²) >= 11 is 4.03. The molecule has 0 aromatic rings. The van der Waals surface area contributed by atoms with Crippen LogP contribution in [0.1, 0.15) is 6.92 Å². The number of rotatable bonds is 3. The summed E-state index contributed by atoms with van der Waals surface area (Å²) < 4.78 is 0.874. The molecule has 2 atom stereocenters. The Labute approximate surface area is 58.8 Å². The Hall–Kier alpha value is 0.660. The van der Waals surface area contributed by atoms with Gasteiger partial charge in [0, 0.05) is 17.5 Å². The van der Waals surface area contributed by atoms with Gasteiger partial charge in [-0.05, 0) is 0 Å². The third-order valence-electron chi connectivity index (χ3n) is 1.06. The fourth-order valence-corrected chi connectivity index (χ4v) is 2.86. The summed E-state index contributed by atoms with van der Waals surface area (Å²) in [6, 6.07) is 0. The van der Waals surface area contributed by atoms with E-state index in [4.69, 9.17) is 5.73 Å². The molecule has 0 aromatic carbocycles. The van der Waals surface area contributed by atoms with Gasteiger partial charge in [0.05, 0.1) is 4.58 Å². The van der Waals surface area contributed by atoms with Crippen LogP contribution in [0, 0.1) is 0 Å². The van der Waals surface area contributed by atoms with E-state index in [0.29, 0.717) is 0 Å². The zero-order valence-electron chi connectivity index (χ0n) is 4.96. The second-order valence-electron chi connectivity index (χ2n) is 1.87. The highest BCUT2D eigenvalue weighted by Crippen LogP contribution is 2.48. The second-order valence-corrected chi connectivity index (χ2v) is 4.94. The summed E-state index contributed by atoms with van der Waals surface area (Å²) in [5.41, 5.74) is 5.32. The normalized spacial score (nSPS) is 35.2. The zero-order valence-corrected chi connectivity index (χ0v) is 6.60. The van der Waals surface area contributed by atoms with Crippen molar-refractivity contribution in [3.05, 3.63) is 0 Å². The molecule has 1 heterocycles. The van der Waals surface area contributed by atoms with E-state index in [9.17, 15) is 0 Å². The topological polar surface area (TPSA) is 26.0 Å². The molecule has 0 saturated carbocycles. The maximum Gasteiger partial charge on any atom is 0.0622 e. The first-order valence-electron chi connectivity index (χ1n) is 2.81. The van der Waals surface area contributed by atoms with Crippen LogP contribution in [-0.2, 0) is 0 Å². The molecule has 2 N–H and O–H groups in total. The van der Waals surface area contributed by atoms with Crippen molar-refractivity contribution in [1.82, 2.24) is 0 Å². The fourth-order valence-electron chi connectivity index (χ4n) is 0.525. The van der Waals surface area contributed by atoms with Crippen LogP contribution in [0.2, 0.25) is 0 Å². The van der Waals surface area contributed by atoms with Crippen molar-refractivity contribution in [2.45, 2.75) is 16.8 Å². The summed E-state index contributed by atoms with van der Waals surface area (Å²) in [5.74, 6) is 1.13. The molecular formula is C5H11NS2. The second kappa shape index (κ2) is 2.99. The smallest absolute Gasteiger partial charge is 0.0622 e. The van der Waals surface area contributed by atoms with Gasteiger partial charge in [-0.3, -0.25) is 0 Å². The van der Waals surface area contributed by atoms with Gasteiger partial charge in [-0.1, -0.05) is 6.92 Å². The Morgan fingerprint density at radius 3 is 2.75 bits per heavy atom. The molecule has 3 heteroatoms. The lowest BCUT2D eigenvalue weighted by Crippen LogP contribution is -2.02. The van der Waals surface area contributed by atoms with Gasteiger partial charge >= 0.3 is 0 Å². The van der Waals surface area contributed by atoms with Crippen LogP contribution in [0.25, 0.3) is 0 Å². The first-order chi connectivity index (χ1) is 3.84. The third-order valence-corrected chi connectivity index (χ3v) is 4.24. The quantitative estimate of drug-likeness (QED) is 0.609. The minimum Gasteiger partial charge on any atom is -0.330 e. The third kappa shape index (κ3) is 1.88. The molecule has 0 amide bonds. The minimum atomic E-state index is 0.828. The molecule has 8 heavy (non-hydrogen) atoms. The van der Waals surface area contributed by atoms with Gasteiger partial charge in [0.2, 0.25) is 0 Å². The Morgan fingerprint density at radius 2 is 2.38 bits per heavy atom. The molecule has 0 radical (unpaired) electrons. The fraction of sp³-hybridized carbons (Fsp3) is 1.00. The Bertz CT molecular complexity index is 76.8. The van der Waals surface area contributed by atoms with E-state index >= 15 is 0 Å². The molecule has 0 spiro atoms. The number of thioether (sulfide) groups is 2. The first-order valence-corrected chi connectivity index (χ1v) is 4.81. The van der Waals surface area contributed by atoms with Crippen molar-refractivity contribution in [3.8, 4) is 0 Å². The minimum absolute atomic E-state index is 0.828. The van der Waals surface area contributed by atoms with Crippen LogP contribution in [-0.4, -0.2) is 22.1 Å². The van der Waals surface area contributed by atoms with Gasteiger partial charge in [-0.15, -0.1) is 23.5 Å². The summed E-state index contributed by atoms with van der Waals surface area (Å²) in [5, 5.41) is 0.895. The van der Waals surface area contributed by atoms with Crippen molar-refractivity contribution in [2.24, 2.45) is 5.73 Å². The average molecular weight is 149 g/mol. The molecule has 1 saturated heterocycles. The lowest BCUT2D eigenvalue weighted by molar-refractivity contribution is 1.14. The monoisotopic (exact) mass is 149 g/mol. The van der Waals surface area contributed by atoms with Gasteiger partial charge in [0.15, 0.2) is 0 Å². The summed E-state index contributed by atoms with van der Waals surface area (Å²) in [6.45, 7) is 3.09. The van der Waals surface area contributed by atoms with Gasteiger partial charge < -0.3 is 5.73 Å². The molecule has 0 aliphatic carbocycles. The van der Waals surface area contributed by atoms with E-state index in [0.717, 1.165) is 22.1 Å². The predicted octanol–water partition coefficient (Wildman–Crippen LogP) is 1.14. The Morgan fingerprint density at radius 1 is 1.75 bits per heavy atom. The molecule has 0 bridgehead atoms. The van der Waals surface area contributed by atoms with Crippen molar-refractivity contribution >= 4 is 23.5 Å². The lowest BCUT2D eigenvalue weighted by Gasteiger charge is -1.90. The van der Waals surface area contributed by atoms with E-state index in [2.05, 4.69) is 6.92 Å². The largest absolute Gasteiger partial charge is 0.330 e. The van der Waals surface area contributed by atoms with Crippen molar-refractivity contribution < 1.29 is 0 Å². The van der Waals surface area contributed by atoms with E-state index in [1.165, 1.54) is 0 Å². The van der Waals surface area contributed by atoms with Crippen molar-refractivity contribution in [2.75, 3.05) is 12.3 Å². The van der Waals surface area contributed by atoms with Crippen LogP contribution in [0.4, 0.5) is 0 Å². The summed E-state index contributed by atoms with van der Waals surface area (Å²) in [6.07, 6.45) is 0. The molecule has 1 rings (SSSR count). The van der Waals surface area contributed by atoms with Gasteiger partial charge in [0.1, 0.15) is 0 Å². The van der Waals surface area contributed by atoms with Crippen molar-refractivity contribution in [1.29, 1.82) is 0 Å². The molecule has 1 aliphatic heterocycles. The Balaban J connectivity index is 1.89. The SMILES string of the molecule is CC1SC1SCCN. The summed E-state index contributed by atoms with van der Waals surface area (Å²) in [7, 11) is 0. The maximum absolute atomic E-state index is 5.32. The van der Waals surface area contributed by atoms with Gasteiger partial charge in [-0.2, -0.15) is 0 Å². The van der Waals surface area contributed by atoms with Gasteiger partial charge in [-0.25, -0.2) is 0 Å². The van der Waals surface area contributed by atoms with Crippen LogP contribution < -0.4 is 5.73 Å². The number of nitrogens with two attached hydrogens (primary N) is 1. The standard InChI is InChI=1S/C5H11NS2/c1-4-5(8-4)7-3-2-6/h4-5H,2-3,6H2,1H3. The molecule has 48 valence electrons. The van der Waals surface area contributed by atoms with E-state index in [1.54, 1.807) is 0 Å². The number of hydrogen-bond donors (Lipinski definition) is 1. The van der Waals surface area contributed by atoms with E-state index in [1.807, 2.05) is 23.5 Å². The molecule has 1 fully saturated rings. The van der Waals surface area contributed by atoms with Crippen LogP contribution >= 0.6 is 23.5 Å². The molecule has 0 aromatic heterocycles. The number of hydrogen-bond acceptors (Lipinski definition) is 3. The molecular weight excluding hydrogens is 138 g/mol. The lowest BCUT2D eigenvalue weighted by atomic mass is 10.6. The van der Waals surface area contributed by atoms with Crippen LogP contribution in [0.15, 0.2) is 0 Å². The van der Waals surface area contributed by atoms with Crippen LogP contribution in [0.5, 0.6) is 0 Å². The van der Waals surface area contributed by atoms with E-state index in [-0.39, 0.29) is 0 Å².